The highest BCUT2D eigenvalue weighted by Gasteiger charge is 2.32. The van der Waals surface area contributed by atoms with Crippen LogP contribution in [0.25, 0.3) is 0 Å². The number of anilines is 1. The number of nitrogens with one attached hydrogen (secondary N) is 1. The second kappa shape index (κ2) is 3.57. The van der Waals surface area contributed by atoms with Crippen molar-refractivity contribution in [3.63, 3.8) is 0 Å². The van der Waals surface area contributed by atoms with Crippen molar-refractivity contribution in [1.82, 2.24) is 4.98 Å². The van der Waals surface area contributed by atoms with E-state index >= 15 is 0 Å². The third-order valence-corrected chi connectivity index (χ3v) is 3.31. The summed E-state index contributed by atoms with van der Waals surface area (Å²) in [6, 6.07) is 0. The van der Waals surface area contributed by atoms with Crippen molar-refractivity contribution in [2.24, 2.45) is 11.8 Å². The first-order valence-corrected chi connectivity index (χ1v) is 5.47. The van der Waals surface area contributed by atoms with E-state index in [4.69, 9.17) is 5.11 Å². The number of nitrogens with zero attached hydrogens (tertiary/aromatic N) is 1. The van der Waals surface area contributed by atoms with Crippen LogP contribution in [0.3, 0.4) is 0 Å². The fourth-order valence-electron chi connectivity index (χ4n) is 1.36. The summed E-state index contributed by atoms with van der Waals surface area (Å²) in [5.41, 5.74) is 0.126. The molecular weight excluding hydrogens is 200 g/mol. The first-order valence-electron chi connectivity index (χ1n) is 4.59. The number of carboxylic acids is 1. The smallest absolute Gasteiger partial charge is 0.355 e. The summed E-state index contributed by atoms with van der Waals surface area (Å²) in [6.45, 7) is 3.13. The Bertz CT molecular complexity index is 350. The zero-order valence-corrected chi connectivity index (χ0v) is 8.67. The molecule has 0 aromatic carbocycles. The number of aromatic nitrogens is 1. The van der Waals surface area contributed by atoms with E-state index in [1.165, 1.54) is 17.8 Å². The lowest BCUT2D eigenvalue weighted by molar-refractivity contribution is 0.0691. The largest absolute Gasteiger partial charge is 0.476 e. The van der Waals surface area contributed by atoms with Gasteiger partial charge in [-0.2, -0.15) is 0 Å². The van der Waals surface area contributed by atoms with Crippen LogP contribution in [0.4, 0.5) is 5.13 Å². The van der Waals surface area contributed by atoms with E-state index in [2.05, 4.69) is 17.2 Å². The third kappa shape index (κ3) is 2.04. The molecule has 1 aliphatic carbocycles. The molecule has 0 amide bonds. The maximum absolute atomic E-state index is 10.5. The molecule has 1 heterocycles. The average Bonchev–Trinajstić information content (AvgIpc) is 2.68. The van der Waals surface area contributed by atoms with Gasteiger partial charge < -0.3 is 10.4 Å². The highest BCUT2D eigenvalue weighted by molar-refractivity contribution is 7.13. The fourth-order valence-corrected chi connectivity index (χ4v) is 2.05. The van der Waals surface area contributed by atoms with Gasteiger partial charge >= 0.3 is 5.97 Å². The lowest BCUT2D eigenvalue weighted by Gasteiger charge is -1.99. The molecule has 5 heteroatoms. The normalized spacial score (nSPS) is 24.6. The molecule has 1 aliphatic rings. The van der Waals surface area contributed by atoms with Crippen LogP contribution in [-0.4, -0.2) is 22.6 Å². The van der Waals surface area contributed by atoms with Crippen LogP contribution in [0, 0.1) is 11.8 Å². The van der Waals surface area contributed by atoms with E-state index in [1.54, 1.807) is 5.38 Å². The second-order valence-corrected chi connectivity index (χ2v) is 4.56. The number of carbonyl (C=O) groups is 1. The topological polar surface area (TPSA) is 62.2 Å². The predicted molar refractivity (Wildman–Crippen MR) is 54.8 cm³/mol. The summed E-state index contributed by atoms with van der Waals surface area (Å²) in [5, 5.41) is 14.1. The monoisotopic (exact) mass is 212 g/mol. The minimum Gasteiger partial charge on any atom is -0.476 e. The Morgan fingerprint density at radius 1 is 1.86 bits per heavy atom. The molecular formula is C9H12N2O2S. The SMILES string of the molecule is CC1CC1CNc1nc(C(=O)O)cs1. The number of hydrogen-bond acceptors (Lipinski definition) is 4. The Morgan fingerprint density at radius 3 is 3.07 bits per heavy atom. The lowest BCUT2D eigenvalue weighted by Crippen LogP contribution is -2.04. The van der Waals surface area contributed by atoms with Gasteiger partial charge in [-0.25, -0.2) is 9.78 Å². The summed E-state index contributed by atoms with van der Waals surface area (Å²) < 4.78 is 0. The molecule has 14 heavy (non-hydrogen) atoms. The predicted octanol–water partition coefficient (Wildman–Crippen LogP) is 1.91. The van der Waals surface area contributed by atoms with Crippen molar-refractivity contribution in [2.45, 2.75) is 13.3 Å². The van der Waals surface area contributed by atoms with E-state index in [0.29, 0.717) is 5.13 Å². The molecule has 1 aromatic heterocycles. The maximum Gasteiger partial charge on any atom is 0.355 e. The molecule has 2 unspecified atom stereocenters. The van der Waals surface area contributed by atoms with Crippen LogP contribution in [0.15, 0.2) is 5.38 Å². The van der Waals surface area contributed by atoms with Crippen LogP contribution < -0.4 is 5.32 Å². The molecule has 0 aliphatic heterocycles. The van der Waals surface area contributed by atoms with Gasteiger partial charge in [-0.3, -0.25) is 0 Å². The van der Waals surface area contributed by atoms with Crippen LogP contribution in [0.5, 0.6) is 0 Å². The van der Waals surface area contributed by atoms with E-state index in [9.17, 15) is 4.79 Å². The van der Waals surface area contributed by atoms with Gasteiger partial charge in [0.15, 0.2) is 10.8 Å². The zero-order chi connectivity index (χ0) is 10.1. The van der Waals surface area contributed by atoms with Crippen LogP contribution in [0.2, 0.25) is 0 Å². The molecule has 0 saturated heterocycles. The molecule has 2 N–H and O–H groups in total. The van der Waals surface area contributed by atoms with Gasteiger partial charge in [-0.05, 0) is 18.3 Å². The van der Waals surface area contributed by atoms with E-state index in [0.717, 1.165) is 18.4 Å². The van der Waals surface area contributed by atoms with Gasteiger partial charge in [0, 0.05) is 11.9 Å². The molecule has 1 aromatic rings. The molecule has 1 saturated carbocycles. The fraction of sp³-hybridized carbons (Fsp3) is 0.556. The Hall–Kier alpha value is -1.10. The van der Waals surface area contributed by atoms with Gasteiger partial charge in [-0.15, -0.1) is 11.3 Å². The Balaban J connectivity index is 1.87. The molecule has 2 atom stereocenters. The van der Waals surface area contributed by atoms with Gasteiger partial charge in [0.2, 0.25) is 0 Å². The molecule has 0 radical (unpaired) electrons. The summed E-state index contributed by atoms with van der Waals surface area (Å²) >= 11 is 1.35. The van der Waals surface area contributed by atoms with Crippen LogP contribution in [-0.2, 0) is 0 Å². The number of thiazole rings is 1. The van der Waals surface area contributed by atoms with E-state index in [-0.39, 0.29) is 5.69 Å². The Labute approximate surface area is 86.0 Å². The second-order valence-electron chi connectivity index (χ2n) is 3.70. The van der Waals surface area contributed by atoms with Crippen molar-refractivity contribution in [3.05, 3.63) is 11.1 Å². The lowest BCUT2D eigenvalue weighted by atomic mass is 10.3. The maximum atomic E-state index is 10.5. The highest BCUT2D eigenvalue weighted by Crippen LogP contribution is 2.37. The third-order valence-electron chi connectivity index (χ3n) is 2.51. The summed E-state index contributed by atoms with van der Waals surface area (Å²) in [7, 11) is 0. The molecule has 2 rings (SSSR count). The molecule has 1 fully saturated rings. The summed E-state index contributed by atoms with van der Waals surface area (Å²) in [4.78, 5) is 14.5. The minimum absolute atomic E-state index is 0.126. The number of rotatable bonds is 4. The Kier molecular flexibility index (Phi) is 2.41. The summed E-state index contributed by atoms with van der Waals surface area (Å²) in [6.07, 6.45) is 1.27. The van der Waals surface area contributed by atoms with E-state index in [1.807, 2.05) is 0 Å². The standard InChI is InChI=1S/C9H12N2O2S/c1-5-2-6(5)3-10-9-11-7(4-14-9)8(12)13/h4-6H,2-3H2,1H3,(H,10,11)(H,12,13). The number of carboxylic acid groups (broad SMARTS) is 1. The first kappa shape index (κ1) is 9.45. The number of aromatic carboxylic acids is 1. The van der Waals surface area contributed by atoms with Gasteiger partial charge in [0.05, 0.1) is 0 Å². The van der Waals surface area contributed by atoms with Gasteiger partial charge in [0.1, 0.15) is 0 Å². The Morgan fingerprint density at radius 2 is 2.57 bits per heavy atom. The summed E-state index contributed by atoms with van der Waals surface area (Å²) in [5.74, 6) is 0.586. The zero-order valence-electron chi connectivity index (χ0n) is 7.86. The van der Waals surface area contributed by atoms with E-state index < -0.39 is 5.97 Å². The highest BCUT2D eigenvalue weighted by atomic mass is 32.1. The van der Waals surface area contributed by atoms with Crippen LogP contribution in [0.1, 0.15) is 23.8 Å². The first-order chi connectivity index (χ1) is 6.66. The average molecular weight is 212 g/mol. The van der Waals surface area contributed by atoms with Crippen molar-refractivity contribution in [1.29, 1.82) is 0 Å². The van der Waals surface area contributed by atoms with Crippen LogP contribution >= 0.6 is 11.3 Å². The van der Waals surface area contributed by atoms with Gasteiger partial charge in [0.25, 0.3) is 0 Å². The van der Waals surface area contributed by atoms with Crippen molar-refractivity contribution >= 4 is 22.4 Å². The van der Waals surface area contributed by atoms with Crippen molar-refractivity contribution in [2.75, 3.05) is 11.9 Å². The van der Waals surface area contributed by atoms with Crippen molar-refractivity contribution in [3.8, 4) is 0 Å². The van der Waals surface area contributed by atoms with Gasteiger partial charge in [-0.1, -0.05) is 6.92 Å². The quantitative estimate of drug-likeness (QED) is 0.800. The molecule has 4 nitrogen and oxygen atoms in total. The minimum atomic E-state index is -0.964. The molecule has 0 bridgehead atoms. The molecule has 76 valence electrons. The number of hydrogen-bond donors (Lipinski definition) is 2. The van der Waals surface area contributed by atoms with Crippen molar-refractivity contribution < 1.29 is 9.90 Å². The molecule has 0 spiro atoms.